The number of benzene rings is 1. The fraction of sp³-hybridized carbons (Fsp3) is 0.385. The zero-order valence-electron chi connectivity index (χ0n) is 11.1. The third kappa shape index (κ3) is 3.25. The van der Waals surface area contributed by atoms with E-state index in [0.29, 0.717) is 16.9 Å². The van der Waals surface area contributed by atoms with Crippen molar-refractivity contribution in [2.75, 3.05) is 20.2 Å². The van der Waals surface area contributed by atoms with E-state index >= 15 is 0 Å². The lowest BCUT2D eigenvalue weighted by Crippen LogP contribution is -2.23. The number of hydrogen-bond acceptors (Lipinski definition) is 5. The Labute approximate surface area is 116 Å². The van der Waals surface area contributed by atoms with Crippen molar-refractivity contribution < 1.29 is 24.5 Å². The van der Waals surface area contributed by atoms with Crippen LogP contribution in [-0.4, -0.2) is 42.4 Å². The minimum atomic E-state index is -1.06. The smallest absolute Gasteiger partial charge is 0.312 e. The highest BCUT2D eigenvalue weighted by molar-refractivity contribution is 5.79. The molecule has 0 bridgehead atoms. The molecule has 0 radical (unpaired) electrons. The first-order valence-electron chi connectivity index (χ1n) is 5.99. The molecule has 2 unspecified atom stereocenters. The molecule has 110 valence electrons. The van der Waals surface area contributed by atoms with Crippen molar-refractivity contribution in [1.29, 1.82) is 0 Å². The molecular formula is C13H18N2O5. The second-order valence-electron chi connectivity index (χ2n) is 4.25. The second kappa shape index (κ2) is 6.88. The molecule has 0 heterocycles. The van der Waals surface area contributed by atoms with Crippen LogP contribution in [-0.2, 0) is 9.59 Å². The lowest BCUT2D eigenvalue weighted by molar-refractivity contribution is -0.139. The van der Waals surface area contributed by atoms with E-state index in [9.17, 15) is 9.59 Å². The van der Waals surface area contributed by atoms with E-state index in [-0.39, 0.29) is 13.1 Å². The Morgan fingerprint density at radius 2 is 1.70 bits per heavy atom. The summed E-state index contributed by atoms with van der Waals surface area (Å²) in [6.07, 6.45) is 0. The maximum Gasteiger partial charge on any atom is 0.312 e. The predicted octanol–water partition coefficient (Wildman–Crippen LogP) is -0.0510. The van der Waals surface area contributed by atoms with Crippen LogP contribution in [0.1, 0.15) is 23.0 Å². The second-order valence-corrected chi connectivity index (χ2v) is 4.25. The van der Waals surface area contributed by atoms with Crippen LogP contribution in [0, 0.1) is 0 Å². The van der Waals surface area contributed by atoms with E-state index in [4.69, 9.17) is 26.4 Å². The van der Waals surface area contributed by atoms with Gasteiger partial charge in [0, 0.05) is 18.7 Å². The number of nitrogens with two attached hydrogens (primary N) is 2. The van der Waals surface area contributed by atoms with Crippen molar-refractivity contribution in [3.8, 4) is 5.75 Å². The lowest BCUT2D eigenvalue weighted by atomic mass is 9.92. The van der Waals surface area contributed by atoms with E-state index in [1.54, 1.807) is 0 Å². The highest BCUT2D eigenvalue weighted by Gasteiger charge is 2.24. The molecule has 0 fully saturated rings. The number of carbonyl (C=O) groups is 2. The Kier molecular flexibility index (Phi) is 5.48. The van der Waals surface area contributed by atoms with Crippen LogP contribution in [0.15, 0.2) is 18.2 Å². The predicted molar refractivity (Wildman–Crippen MR) is 71.9 cm³/mol. The van der Waals surface area contributed by atoms with Gasteiger partial charge in [-0.2, -0.15) is 0 Å². The van der Waals surface area contributed by atoms with Crippen LogP contribution in [0.25, 0.3) is 0 Å². The first-order valence-corrected chi connectivity index (χ1v) is 5.99. The minimum Gasteiger partial charge on any atom is -0.496 e. The van der Waals surface area contributed by atoms with Gasteiger partial charge >= 0.3 is 11.9 Å². The van der Waals surface area contributed by atoms with Crippen LogP contribution in [0.3, 0.4) is 0 Å². The standard InChI is InChI=1S/C13H18N2O5/c1-20-11-4-7(9(5-14)12(16)17)2-3-8(11)10(6-15)13(18)19/h2-4,9-10H,5-6,14-15H2,1H3,(H,16,17)(H,18,19). The molecular weight excluding hydrogens is 264 g/mol. The summed E-state index contributed by atoms with van der Waals surface area (Å²) < 4.78 is 5.14. The SMILES string of the molecule is COc1cc(C(CN)C(=O)O)ccc1C(CN)C(=O)O. The normalized spacial score (nSPS) is 13.6. The van der Waals surface area contributed by atoms with Crippen LogP contribution >= 0.6 is 0 Å². The van der Waals surface area contributed by atoms with Gasteiger partial charge in [0.05, 0.1) is 18.9 Å². The fourth-order valence-electron chi connectivity index (χ4n) is 1.97. The largest absolute Gasteiger partial charge is 0.496 e. The topological polar surface area (TPSA) is 136 Å². The van der Waals surface area contributed by atoms with E-state index < -0.39 is 23.8 Å². The molecule has 0 spiro atoms. The van der Waals surface area contributed by atoms with Crippen molar-refractivity contribution in [3.63, 3.8) is 0 Å². The van der Waals surface area contributed by atoms with Gasteiger partial charge < -0.3 is 26.4 Å². The summed E-state index contributed by atoms with van der Waals surface area (Å²) in [5.41, 5.74) is 11.8. The van der Waals surface area contributed by atoms with Crippen molar-refractivity contribution >= 4 is 11.9 Å². The monoisotopic (exact) mass is 282 g/mol. The molecule has 2 atom stereocenters. The zero-order valence-corrected chi connectivity index (χ0v) is 11.1. The average molecular weight is 282 g/mol. The summed E-state index contributed by atoms with van der Waals surface area (Å²) in [5, 5.41) is 18.2. The van der Waals surface area contributed by atoms with Crippen LogP contribution < -0.4 is 16.2 Å². The van der Waals surface area contributed by atoms with Gasteiger partial charge in [0.1, 0.15) is 5.75 Å². The Balaban J connectivity index is 3.26. The third-order valence-electron chi connectivity index (χ3n) is 3.10. The van der Waals surface area contributed by atoms with Gasteiger partial charge in [-0.25, -0.2) is 0 Å². The van der Waals surface area contributed by atoms with E-state index in [1.165, 1.54) is 25.3 Å². The highest BCUT2D eigenvalue weighted by Crippen LogP contribution is 2.30. The molecule has 7 heteroatoms. The van der Waals surface area contributed by atoms with Gasteiger partial charge in [-0.1, -0.05) is 12.1 Å². The summed E-state index contributed by atoms with van der Waals surface area (Å²) in [7, 11) is 1.39. The molecule has 0 aliphatic carbocycles. The van der Waals surface area contributed by atoms with Gasteiger partial charge in [0.15, 0.2) is 0 Å². The van der Waals surface area contributed by atoms with Crippen molar-refractivity contribution in [1.82, 2.24) is 0 Å². The molecule has 0 aliphatic heterocycles. The number of rotatable bonds is 7. The van der Waals surface area contributed by atoms with Crippen molar-refractivity contribution in [2.24, 2.45) is 11.5 Å². The highest BCUT2D eigenvalue weighted by atomic mass is 16.5. The molecule has 0 aromatic heterocycles. The number of carboxylic acid groups (broad SMARTS) is 2. The van der Waals surface area contributed by atoms with Gasteiger partial charge in [-0.05, 0) is 11.6 Å². The summed E-state index contributed by atoms with van der Waals surface area (Å²) in [4.78, 5) is 22.2. The minimum absolute atomic E-state index is 0.0585. The third-order valence-corrected chi connectivity index (χ3v) is 3.10. The summed E-state index contributed by atoms with van der Waals surface area (Å²) in [5.74, 6) is -3.58. The molecule has 6 N–H and O–H groups in total. The molecule has 7 nitrogen and oxygen atoms in total. The molecule has 0 saturated heterocycles. The molecule has 20 heavy (non-hydrogen) atoms. The van der Waals surface area contributed by atoms with Crippen molar-refractivity contribution in [3.05, 3.63) is 29.3 Å². The molecule has 1 aromatic rings. The number of carboxylic acids is 2. The van der Waals surface area contributed by atoms with Crippen LogP contribution in [0.2, 0.25) is 0 Å². The molecule has 1 rings (SSSR count). The first-order chi connectivity index (χ1) is 9.46. The molecule has 0 saturated carbocycles. The Bertz CT molecular complexity index is 504. The number of ether oxygens (including phenoxy) is 1. The molecule has 0 aliphatic rings. The van der Waals surface area contributed by atoms with Gasteiger partial charge in [-0.15, -0.1) is 0 Å². The van der Waals surface area contributed by atoms with Gasteiger partial charge in [0.2, 0.25) is 0 Å². The Morgan fingerprint density at radius 3 is 2.10 bits per heavy atom. The molecule has 0 amide bonds. The van der Waals surface area contributed by atoms with Crippen LogP contribution in [0.5, 0.6) is 5.75 Å². The number of methoxy groups -OCH3 is 1. The Hall–Kier alpha value is -2.12. The van der Waals surface area contributed by atoms with Crippen molar-refractivity contribution in [2.45, 2.75) is 11.8 Å². The quantitative estimate of drug-likeness (QED) is 0.550. The van der Waals surface area contributed by atoms with E-state index in [0.717, 1.165) is 0 Å². The van der Waals surface area contributed by atoms with Crippen LogP contribution in [0.4, 0.5) is 0 Å². The number of hydrogen-bond donors (Lipinski definition) is 4. The lowest BCUT2D eigenvalue weighted by Gasteiger charge is -2.17. The maximum absolute atomic E-state index is 11.1. The summed E-state index contributed by atoms with van der Waals surface area (Å²) >= 11 is 0. The zero-order chi connectivity index (χ0) is 15.3. The maximum atomic E-state index is 11.1. The average Bonchev–Trinajstić information content (AvgIpc) is 2.40. The van der Waals surface area contributed by atoms with Gasteiger partial charge in [0.25, 0.3) is 0 Å². The Morgan fingerprint density at radius 1 is 1.15 bits per heavy atom. The van der Waals surface area contributed by atoms with Gasteiger partial charge in [-0.3, -0.25) is 9.59 Å². The molecule has 1 aromatic carbocycles. The fourth-order valence-corrected chi connectivity index (χ4v) is 1.97. The first kappa shape index (κ1) is 15.9. The summed E-state index contributed by atoms with van der Waals surface area (Å²) in [6, 6.07) is 4.55. The summed E-state index contributed by atoms with van der Waals surface area (Å²) in [6.45, 7) is -0.138. The van der Waals surface area contributed by atoms with E-state index in [1.807, 2.05) is 0 Å². The van der Waals surface area contributed by atoms with E-state index in [2.05, 4.69) is 0 Å². The number of aliphatic carboxylic acids is 2.